The van der Waals surface area contributed by atoms with Crippen LogP contribution in [-0.2, 0) is 12.8 Å². The third kappa shape index (κ3) is 12.7. The SMILES string of the molecule is C.CN=P.Clc1ncc(Cl)c(C2=CCc3ccccc32)n1.NC1CC(N)CC(F)(F)C1.NC1CC(Nc2ncc(Cl)c(C3=CCc4ccccc43)n2)CC(F)(F)C1. The lowest BCUT2D eigenvalue weighted by atomic mass is 9.88. The molecule has 4 aromatic rings. The van der Waals surface area contributed by atoms with Gasteiger partial charge in [-0.05, 0) is 68.6 Å². The molecule has 2 aromatic carbocycles. The van der Waals surface area contributed by atoms with Gasteiger partial charge in [-0.2, -0.15) is 0 Å². The Kier molecular flexibility index (Phi) is 16.5. The molecular weight excluding hydrogens is 820 g/mol. The minimum Gasteiger partial charge on any atom is -0.351 e. The van der Waals surface area contributed by atoms with Crippen LogP contribution in [-0.4, -0.2) is 63.0 Å². The summed E-state index contributed by atoms with van der Waals surface area (Å²) in [6.45, 7) is 0. The van der Waals surface area contributed by atoms with Gasteiger partial charge in [0.25, 0.3) is 11.8 Å². The number of benzene rings is 2. The van der Waals surface area contributed by atoms with Gasteiger partial charge in [0.2, 0.25) is 11.2 Å². The molecule has 0 amide bonds. The Morgan fingerprint density at radius 1 is 0.702 bits per heavy atom. The molecule has 2 aromatic heterocycles. The molecule has 0 bridgehead atoms. The van der Waals surface area contributed by atoms with Crippen molar-refractivity contribution < 1.29 is 17.6 Å². The highest BCUT2D eigenvalue weighted by Crippen LogP contribution is 2.38. The average molecular weight is 867 g/mol. The molecule has 57 heavy (non-hydrogen) atoms. The first-order valence-corrected chi connectivity index (χ1v) is 19.5. The van der Waals surface area contributed by atoms with E-state index >= 15 is 0 Å². The predicted molar refractivity (Wildman–Crippen MR) is 226 cm³/mol. The van der Waals surface area contributed by atoms with Crippen molar-refractivity contribution in [3.63, 3.8) is 0 Å². The third-order valence-electron chi connectivity index (χ3n) is 9.39. The first-order chi connectivity index (χ1) is 26.6. The maximum atomic E-state index is 13.8. The normalized spacial score (nSPS) is 22.2. The number of nitrogens with zero attached hydrogens (tertiary/aromatic N) is 5. The molecule has 7 N–H and O–H groups in total. The average Bonchev–Trinajstić information content (AvgIpc) is 3.74. The highest BCUT2D eigenvalue weighted by atomic mass is 35.5. The van der Waals surface area contributed by atoms with Crippen molar-refractivity contribution in [1.29, 1.82) is 0 Å². The van der Waals surface area contributed by atoms with Gasteiger partial charge in [0.15, 0.2) is 0 Å². The van der Waals surface area contributed by atoms with E-state index in [9.17, 15) is 17.6 Å². The molecule has 4 aliphatic carbocycles. The van der Waals surface area contributed by atoms with Crippen LogP contribution in [0.3, 0.4) is 0 Å². The van der Waals surface area contributed by atoms with Crippen LogP contribution in [0, 0.1) is 0 Å². The Morgan fingerprint density at radius 3 is 1.63 bits per heavy atom. The topological polar surface area (TPSA) is 154 Å². The number of rotatable bonds is 4. The van der Waals surface area contributed by atoms with Crippen molar-refractivity contribution in [2.45, 2.75) is 94.8 Å². The highest BCUT2D eigenvalue weighted by molar-refractivity contribution is 7.03. The van der Waals surface area contributed by atoms with Crippen LogP contribution in [0.2, 0.25) is 15.3 Å². The first-order valence-electron chi connectivity index (χ1n) is 17.9. The number of nitrogens with two attached hydrogens (primary N) is 3. The summed E-state index contributed by atoms with van der Waals surface area (Å²) in [4.78, 5) is 16.7. The van der Waals surface area contributed by atoms with Crippen LogP contribution in [0.4, 0.5) is 23.5 Å². The van der Waals surface area contributed by atoms with Crippen molar-refractivity contribution >= 4 is 60.9 Å². The zero-order chi connectivity index (χ0) is 40.6. The molecule has 306 valence electrons. The molecular formula is C40H47Cl3F4N9P. The van der Waals surface area contributed by atoms with E-state index in [1.54, 1.807) is 7.05 Å². The van der Waals surface area contributed by atoms with E-state index in [-0.39, 0.29) is 38.4 Å². The van der Waals surface area contributed by atoms with E-state index in [0.717, 1.165) is 29.6 Å². The quantitative estimate of drug-likeness (QED) is 0.0899. The number of fused-ring (bicyclic) bond motifs is 2. The number of alkyl halides is 4. The second kappa shape index (κ2) is 20.4. The molecule has 2 heterocycles. The van der Waals surface area contributed by atoms with Gasteiger partial charge in [-0.25, -0.2) is 37.5 Å². The monoisotopic (exact) mass is 865 g/mol. The predicted octanol–water partition coefficient (Wildman–Crippen LogP) is 9.85. The summed E-state index contributed by atoms with van der Waals surface area (Å²) in [6.07, 6.45) is 8.99. The molecule has 4 atom stereocenters. The molecule has 0 spiro atoms. The lowest BCUT2D eigenvalue weighted by molar-refractivity contribution is -0.0458. The number of aromatic nitrogens is 4. The van der Waals surface area contributed by atoms with Crippen molar-refractivity contribution in [3.05, 3.63) is 122 Å². The smallest absolute Gasteiger partial charge is 0.251 e. The minimum absolute atomic E-state index is 0. The molecule has 4 unspecified atom stereocenters. The summed E-state index contributed by atoms with van der Waals surface area (Å²) in [7, 11) is 4.47. The number of anilines is 1. The Labute approximate surface area is 348 Å². The molecule has 17 heteroatoms. The number of hydrogen-bond acceptors (Lipinski definition) is 9. The zero-order valence-corrected chi connectivity index (χ0v) is 33.8. The van der Waals surface area contributed by atoms with Crippen molar-refractivity contribution in [2.75, 3.05) is 12.4 Å². The summed E-state index contributed by atoms with van der Waals surface area (Å²) in [6, 6.07) is 14.4. The fourth-order valence-electron chi connectivity index (χ4n) is 7.23. The molecule has 2 saturated carbocycles. The standard InChI is InChI=1S/C19H19ClF2N4.C13H8Cl2N2.C6H12F2N2.CH4NP.CH4/c20-16-10-24-18(25-13-7-12(23)8-19(21,22)9-13)26-17(16)15-6-5-11-3-1-2-4-14(11)15;14-11-7-16-13(15)17-12(11)10-6-5-8-3-1-2-4-9(8)10;7-6(8)2-4(9)1-5(10)3-6;1-2-3;/h1-4,6,10,12-13H,5,7-9,23H2,(H,24,25,26);1-4,6-7H,5H2;4-5H,1-3,9-10H2;3H,1H3;1H4. The van der Waals surface area contributed by atoms with Crippen LogP contribution in [0.1, 0.15) is 79.6 Å². The van der Waals surface area contributed by atoms with Crippen LogP contribution >= 0.6 is 43.8 Å². The summed E-state index contributed by atoms with van der Waals surface area (Å²) >= 11 is 18.3. The van der Waals surface area contributed by atoms with Gasteiger partial charge in [0.1, 0.15) is 0 Å². The van der Waals surface area contributed by atoms with E-state index in [4.69, 9.17) is 52.0 Å². The van der Waals surface area contributed by atoms with E-state index in [1.165, 1.54) is 29.1 Å². The lowest BCUT2D eigenvalue weighted by Crippen LogP contribution is -2.45. The van der Waals surface area contributed by atoms with Crippen LogP contribution in [0.15, 0.2) is 77.8 Å². The Balaban J connectivity index is 0.000000199. The summed E-state index contributed by atoms with van der Waals surface area (Å²) in [5.74, 6) is -5.10. The van der Waals surface area contributed by atoms with Gasteiger partial charge in [-0.3, -0.25) is 4.74 Å². The third-order valence-corrected chi connectivity index (χ3v) is 10.1. The van der Waals surface area contributed by atoms with Crippen molar-refractivity contribution in [3.8, 4) is 0 Å². The number of nitrogens with one attached hydrogen (secondary N) is 1. The highest BCUT2D eigenvalue weighted by Gasteiger charge is 2.40. The van der Waals surface area contributed by atoms with Gasteiger partial charge >= 0.3 is 0 Å². The second-order valence-corrected chi connectivity index (χ2v) is 15.6. The van der Waals surface area contributed by atoms with Gasteiger partial charge in [0, 0.05) is 68.0 Å². The van der Waals surface area contributed by atoms with Crippen LogP contribution in [0.25, 0.3) is 11.1 Å². The molecule has 4 aliphatic rings. The van der Waals surface area contributed by atoms with E-state index in [2.05, 4.69) is 69.4 Å². The fraction of sp³-hybridized carbons (Fsp3) is 0.400. The molecule has 0 aliphatic heterocycles. The summed E-state index contributed by atoms with van der Waals surface area (Å²) < 4.78 is 55.9. The van der Waals surface area contributed by atoms with Gasteiger partial charge in [0.05, 0.1) is 33.8 Å². The van der Waals surface area contributed by atoms with Crippen molar-refractivity contribution in [2.24, 2.45) is 21.9 Å². The zero-order valence-electron chi connectivity index (χ0n) is 30.5. The largest absolute Gasteiger partial charge is 0.351 e. The Bertz CT molecular complexity index is 2060. The number of allylic oxidation sites excluding steroid dienone is 2. The molecule has 9 nitrogen and oxygen atoms in total. The molecule has 0 saturated heterocycles. The first kappa shape index (κ1) is 46.1. The number of hydrogen-bond donors (Lipinski definition) is 4. The fourth-order valence-corrected chi connectivity index (χ4v) is 7.75. The van der Waals surface area contributed by atoms with E-state index < -0.39 is 36.0 Å². The van der Waals surface area contributed by atoms with Crippen molar-refractivity contribution in [1.82, 2.24) is 19.9 Å². The molecule has 0 radical (unpaired) electrons. The van der Waals surface area contributed by atoms with E-state index in [1.807, 2.05) is 30.3 Å². The molecule has 8 rings (SSSR count). The lowest BCUT2D eigenvalue weighted by Gasteiger charge is -2.33. The molecule has 2 fully saturated rings. The van der Waals surface area contributed by atoms with Gasteiger partial charge in [-0.15, -0.1) is 0 Å². The Hall–Kier alpha value is -3.55. The van der Waals surface area contributed by atoms with Crippen LogP contribution in [0.5, 0.6) is 0 Å². The van der Waals surface area contributed by atoms with Gasteiger partial charge in [-0.1, -0.05) is 91.3 Å². The van der Waals surface area contributed by atoms with E-state index in [0.29, 0.717) is 40.2 Å². The maximum Gasteiger partial charge on any atom is 0.251 e. The number of halogens is 7. The Morgan fingerprint density at radius 2 is 1.14 bits per heavy atom. The van der Waals surface area contributed by atoms with Gasteiger partial charge < -0.3 is 22.5 Å². The van der Waals surface area contributed by atoms with Crippen LogP contribution < -0.4 is 22.5 Å². The second-order valence-electron chi connectivity index (χ2n) is 14.0. The summed E-state index contributed by atoms with van der Waals surface area (Å²) in [5.41, 5.74) is 24.5. The maximum absolute atomic E-state index is 13.8. The summed E-state index contributed by atoms with van der Waals surface area (Å²) in [5, 5.41) is 4.19. The minimum atomic E-state index is -2.77.